The number of nitrogens with one attached hydrogen (secondary N) is 1. The summed E-state index contributed by atoms with van der Waals surface area (Å²) in [5, 5.41) is 5.08. The Kier molecular flexibility index (Phi) is 6.63. The molecule has 0 radical (unpaired) electrons. The normalized spacial score (nSPS) is 13.4. The number of fused-ring (bicyclic) bond motifs is 1. The van der Waals surface area contributed by atoms with Crippen LogP contribution in [0.5, 0.6) is 0 Å². The molecular formula is C19H21NO5S2. The lowest BCUT2D eigenvalue weighted by Gasteiger charge is -2.08. The lowest BCUT2D eigenvalue weighted by molar-refractivity contribution is -0.146. The third kappa shape index (κ3) is 4.95. The van der Waals surface area contributed by atoms with Crippen molar-refractivity contribution in [3.05, 3.63) is 38.4 Å². The second-order valence-corrected chi connectivity index (χ2v) is 8.36. The van der Waals surface area contributed by atoms with Gasteiger partial charge in [0.25, 0.3) is 5.91 Å². The molecule has 0 saturated heterocycles. The topological polar surface area (TPSA) is 81.7 Å². The number of methoxy groups -OCH3 is 1. The second kappa shape index (κ2) is 9.14. The third-order valence-electron chi connectivity index (χ3n) is 4.33. The highest BCUT2D eigenvalue weighted by atomic mass is 32.1. The molecule has 0 aromatic carbocycles. The molecule has 0 aliphatic heterocycles. The molecule has 1 amide bonds. The van der Waals surface area contributed by atoms with Crippen molar-refractivity contribution in [3.63, 3.8) is 0 Å². The Hall–Kier alpha value is -2.19. The van der Waals surface area contributed by atoms with Crippen LogP contribution in [0.15, 0.2) is 17.5 Å². The molecule has 3 rings (SSSR count). The number of esters is 2. The van der Waals surface area contributed by atoms with Gasteiger partial charge in [0.05, 0.1) is 19.1 Å². The first kappa shape index (κ1) is 19.6. The van der Waals surface area contributed by atoms with Crippen LogP contribution in [0.2, 0.25) is 0 Å². The maximum Gasteiger partial charge on any atom is 0.341 e. The summed E-state index contributed by atoms with van der Waals surface area (Å²) in [6.07, 6.45) is 5.07. The first-order valence-electron chi connectivity index (χ1n) is 8.79. The molecule has 0 spiro atoms. The number of hydrogen-bond donors (Lipinski definition) is 1. The number of carbonyl (C=O) groups is 3. The van der Waals surface area contributed by atoms with E-state index in [4.69, 9.17) is 9.47 Å². The Morgan fingerprint density at radius 2 is 2.00 bits per heavy atom. The number of amides is 1. The number of aryl methyl sites for hydroxylation is 1. The van der Waals surface area contributed by atoms with Gasteiger partial charge in [-0.25, -0.2) is 4.79 Å². The molecule has 0 bridgehead atoms. The fraction of sp³-hybridized carbons (Fsp3) is 0.421. The van der Waals surface area contributed by atoms with Gasteiger partial charge in [-0.05, 0) is 42.7 Å². The smallest absolute Gasteiger partial charge is 0.341 e. The molecule has 0 unspecified atom stereocenters. The van der Waals surface area contributed by atoms with E-state index in [0.717, 1.165) is 47.4 Å². The van der Waals surface area contributed by atoms with Crippen LogP contribution >= 0.6 is 22.7 Å². The van der Waals surface area contributed by atoms with Crippen molar-refractivity contribution in [3.8, 4) is 0 Å². The molecular weight excluding hydrogens is 386 g/mol. The SMILES string of the molecule is COC(=O)c1c(NC(=O)COC(=O)Cc2cccs2)sc2c1CCCCC2. The van der Waals surface area contributed by atoms with Gasteiger partial charge in [0.2, 0.25) is 0 Å². The zero-order valence-electron chi connectivity index (χ0n) is 15.0. The summed E-state index contributed by atoms with van der Waals surface area (Å²) < 4.78 is 9.96. The number of rotatable bonds is 6. The van der Waals surface area contributed by atoms with E-state index in [9.17, 15) is 14.4 Å². The van der Waals surface area contributed by atoms with Gasteiger partial charge in [-0.1, -0.05) is 12.5 Å². The molecule has 0 fully saturated rings. The van der Waals surface area contributed by atoms with Crippen LogP contribution in [0.1, 0.15) is 44.9 Å². The molecule has 1 N–H and O–H groups in total. The second-order valence-electron chi connectivity index (χ2n) is 6.23. The van der Waals surface area contributed by atoms with Crippen LogP contribution in [-0.2, 0) is 38.3 Å². The van der Waals surface area contributed by atoms with E-state index in [1.807, 2.05) is 17.5 Å². The van der Waals surface area contributed by atoms with Crippen LogP contribution in [0, 0.1) is 0 Å². The van der Waals surface area contributed by atoms with Gasteiger partial charge in [0.15, 0.2) is 6.61 Å². The van der Waals surface area contributed by atoms with Gasteiger partial charge >= 0.3 is 11.9 Å². The van der Waals surface area contributed by atoms with Crippen molar-refractivity contribution >= 4 is 45.5 Å². The summed E-state index contributed by atoms with van der Waals surface area (Å²) in [7, 11) is 1.33. The molecule has 2 aromatic rings. The molecule has 0 saturated carbocycles. The highest BCUT2D eigenvalue weighted by Crippen LogP contribution is 2.37. The summed E-state index contributed by atoms with van der Waals surface area (Å²) in [5.74, 6) is -1.36. The van der Waals surface area contributed by atoms with Gasteiger partial charge in [-0.3, -0.25) is 9.59 Å². The number of hydrogen-bond acceptors (Lipinski definition) is 7. The summed E-state index contributed by atoms with van der Waals surface area (Å²) >= 11 is 2.88. The zero-order chi connectivity index (χ0) is 19.2. The van der Waals surface area contributed by atoms with Crippen molar-refractivity contribution in [2.24, 2.45) is 0 Å². The first-order valence-corrected chi connectivity index (χ1v) is 10.5. The van der Waals surface area contributed by atoms with Crippen LogP contribution in [0.25, 0.3) is 0 Å². The van der Waals surface area contributed by atoms with Crippen LogP contribution in [-0.4, -0.2) is 31.6 Å². The van der Waals surface area contributed by atoms with Crippen molar-refractivity contribution in [1.82, 2.24) is 0 Å². The molecule has 144 valence electrons. The summed E-state index contributed by atoms with van der Waals surface area (Å²) in [6, 6.07) is 3.70. The van der Waals surface area contributed by atoms with E-state index in [0.29, 0.717) is 10.6 Å². The lowest BCUT2D eigenvalue weighted by atomic mass is 10.1. The average Bonchev–Trinajstić information content (AvgIpc) is 3.21. The Bertz CT molecular complexity index is 826. The maximum atomic E-state index is 12.3. The van der Waals surface area contributed by atoms with E-state index in [2.05, 4.69) is 5.32 Å². The highest BCUT2D eigenvalue weighted by Gasteiger charge is 2.26. The average molecular weight is 408 g/mol. The van der Waals surface area contributed by atoms with Gasteiger partial charge in [-0.2, -0.15) is 0 Å². The standard InChI is InChI=1S/C19H21NO5S2/c1-24-19(23)17-13-7-3-2-4-8-14(13)27-18(17)20-15(21)11-25-16(22)10-12-6-5-9-26-12/h5-6,9H,2-4,7-8,10-11H2,1H3,(H,20,21). The predicted octanol–water partition coefficient (Wildman–Crippen LogP) is 3.59. The molecule has 2 aromatic heterocycles. The fourth-order valence-corrected chi connectivity index (χ4v) is 5.05. The number of ether oxygens (including phenoxy) is 2. The van der Waals surface area contributed by atoms with Crippen molar-refractivity contribution < 1.29 is 23.9 Å². The maximum absolute atomic E-state index is 12.3. The minimum Gasteiger partial charge on any atom is -0.465 e. The first-order chi connectivity index (χ1) is 13.1. The number of anilines is 1. The number of thiophene rings is 2. The van der Waals surface area contributed by atoms with Crippen LogP contribution in [0.3, 0.4) is 0 Å². The fourth-order valence-electron chi connectivity index (χ4n) is 3.06. The molecule has 1 aliphatic carbocycles. The molecule has 2 heterocycles. The molecule has 1 aliphatic rings. The number of carbonyl (C=O) groups excluding carboxylic acids is 3. The Morgan fingerprint density at radius 3 is 2.74 bits per heavy atom. The summed E-state index contributed by atoms with van der Waals surface area (Å²) in [6.45, 7) is -0.382. The Morgan fingerprint density at radius 1 is 1.19 bits per heavy atom. The van der Waals surface area contributed by atoms with Crippen LogP contribution < -0.4 is 5.32 Å². The quantitative estimate of drug-likeness (QED) is 0.585. The molecule has 0 atom stereocenters. The highest BCUT2D eigenvalue weighted by molar-refractivity contribution is 7.17. The van der Waals surface area contributed by atoms with Crippen LogP contribution in [0.4, 0.5) is 5.00 Å². The van der Waals surface area contributed by atoms with Gasteiger partial charge in [0.1, 0.15) is 5.00 Å². The van der Waals surface area contributed by atoms with E-state index in [-0.39, 0.29) is 13.0 Å². The van der Waals surface area contributed by atoms with Crippen molar-refractivity contribution in [2.45, 2.75) is 38.5 Å². The monoisotopic (exact) mass is 407 g/mol. The van der Waals surface area contributed by atoms with Crippen molar-refractivity contribution in [2.75, 3.05) is 19.0 Å². The Labute approximate surface area is 165 Å². The third-order valence-corrected chi connectivity index (χ3v) is 6.41. The van der Waals surface area contributed by atoms with Gasteiger partial charge in [-0.15, -0.1) is 22.7 Å². The molecule has 8 heteroatoms. The van der Waals surface area contributed by atoms with E-state index < -0.39 is 17.8 Å². The van der Waals surface area contributed by atoms with E-state index in [1.165, 1.54) is 29.8 Å². The van der Waals surface area contributed by atoms with Gasteiger partial charge < -0.3 is 14.8 Å². The van der Waals surface area contributed by atoms with Gasteiger partial charge in [0, 0.05) is 9.75 Å². The minimum atomic E-state index is -0.462. The molecule has 27 heavy (non-hydrogen) atoms. The predicted molar refractivity (Wildman–Crippen MR) is 105 cm³/mol. The minimum absolute atomic E-state index is 0.144. The van der Waals surface area contributed by atoms with E-state index >= 15 is 0 Å². The Balaban J connectivity index is 1.64. The largest absolute Gasteiger partial charge is 0.465 e. The zero-order valence-corrected chi connectivity index (χ0v) is 16.7. The van der Waals surface area contributed by atoms with E-state index in [1.54, 1.807) is 0 Å². The summed E-state index contributed by atoms with van der Waals surface area (Å²) in [5.41, 5.74) is 1.42. The summed E-state index contributed by atoms with van der Waals surface area (Å²) in [4.78, 5) is 38.3. The van der Waals surface area contributed by atoms with Crippen molar-refractivity contribution in [1.29, 1.82) is 0 Å². The molecule has 6 nitrogen and oxygen atoms in total. The lowest BCUT2D eigenvalue weighted by Crippen LogP contribution is -2.22.